The number of amides is 3. The van der Waals surface area contributed by atoms with Crippen LogP contribution in [0.3, 0.4) is 0 Å². The van der Waals surface area contributed by atoms with E-state index in [1.54, 1.807) is 12.4 Å². The zero-order chi connectivity index (χ0) is 37.5. The second kappa shape index (κ2) is 19.5. The Labute approximate surface area is 313 Å². The summed E-state index contributed by atoms with van der Waals surface area (Å²) in [5, 5.41) is 8.67. The maximum atomic E-state index is 13.5. The summed E-state index contributed by atoms with van der Waals surface area (Å²) in [5.41, 5.74) is 5.94. The van der Waals surface area contributed by atoms with Crippen LogP contribution in [0.4, 0.5) is 9.59 Å². The van der Waals surface area contributed by atoms with Gasteiger partial charge in [-0.25, -0.2) is 9.59 Å². The molecule has 1 aliphatic rings. The molecule has 3 amide bonds. The first-order valence-electron chi connectivity index (χ1n) is 18.6. The molecule has 1 aliphatic carbocycles. The molecule has 0 bridgehead atoms. The number of ether oxygens (including phenoxy) is 3. The van der Waals surface area contributed by atoms with Gasteiger partial charge in [0.1, 0.15) is 30.6 Å². The standard InChI is InChI=1S/C43H52N4O6/c1-43(2,3)53-41(49)46-25-13-7-5-4-6-12-24-45-40(48)39(28-31-18-20-33(21-19-31)51-29-32-22-26-44-27-23-32)47-42(50)52-30-38-36-16-10-8-14-34(36)35-15-9-11-17-37(35)38/h8-11,14-23,26-27,38-39H,4-7,12-13,24-25,28-30H2,1-3H3,(H,45,48)(H,46,49)(H,47,50)/t39-/m0/s1. The lowest BCUT2D eigenvalue weighted by Crippen LogP contribution is -2.48. The fourth-order valence-electron chi connectivity index (χ4n) is 6.39. The number of carbonyl (C=O) groups is 3. The fraction of sp³-hybridized carbons (Fsp3) is 0.395. The Morgan fingerprint density at radius 2 is 1.28 bits per heavy atom. The lowest BCUT2D eigenvalue weighted by molar-refractivity contribution is -0.123. The number of carbonyl (C=O) groups excluding carboxylic acids is 3. The molecule has 10 heteroatoms. The van der Waals surface area contributed by atoms with Crippen LogP contribution in [-0.2, 0) is 27.3 Å². The number of rotatable bonds is 18. The molecule has 3 aromatic carbocycles. The number of hydrogen-bond acceptors (Lipinski definition) is 7. The topological polar surface area (TPSA) is 128 Å². The van der Waals surface area contributed by atoms with Crippen LogP contribution < -0.4 is 20.7 Å². The van der Waals surface area contributed by atoms with Crippen LogP contribution in [0.25, 0.3) is 11.1 Å². The van der Waals surface area contributed by atoms with Crippen molar-refractivity contribution in [3.8, 4) is 16.9 Å². The largest absolute Gasteiger partial charge is 0.489 e. The second-order valence-corrected chi connectivity index (χ2v) is 14.4. The molecule has 0 unspecified atom stereocenters. The van der Waals surface area contributed by atoms with E-state index in [9.17, 15) is 14.4 Å². The zero-order valence-electron chi connectivity index (χ0n) is 31.1. The third-order valence-electron chi connectivity index (χ3n) is 9.04. The van der Waals surface area contributed by atoms with Crippen molar-refractivity contribution >= 4 is 18.1 Å². The van der Waals surface area contributed by atoms with Gasteiger partial charge in [-0.15, -0.1) is 0 Å². The van der Waals surface area contributed by atoms with E-state index in [2.05, 4.69) is 45.2 Å². The van der Waals surface area contributed by atoms with Crippen molar-refractivity contribution in [1.82, 2.24) is 20.9 Å². The van der Waals surface area contributed by atoms with Crippen molar-refractivity contribution in [2.75, 3.05) is 19.7 Å². The van der Waals surface area contributed by atoms with E-state index in [0.717, 1.165) is 71.9 Å². The maximum Gasteiger partial charge on any atom is 0.407 e. The van der Waals surface area contributed by atoms with Gasteiger partial charge in [0.25, 0.3) is 0 Å². The molecule has 0 radical (unpaired) electrons. The summed E-state index contributed by atoms with van der Waals surface area (Å²) < 4.78 is 17.0. The van der Waals surface area contributed by atoms with Gasteiger partial charge < -0.3 is 30.2 Å². The molecule has 0 spiro atoms. The van der Waals surface area contributed by atoms with Gasteiger partial charge in [0.15, 0.2) is 0 Å². The molecule has 0 aliphatic heterocycles. The van der Waals surface area contributed by atoms with Gasteiger partial charge >= 0.3 is 12.2 Å². The van der Waals surface area contributed by atoms with Crippen LogP contribution >= 0.6 is 0 Å². The van der Waals surface area contributed by atoms with E-state index in [4.69, 9.17) is 14.2 Å². The lowest BCUT2D eigenvalue weighted by atomic mass is 9.98. The molecule has 0 saturated carbocycles. The minimum absolute atomic E-state index is 0.0821. The summed E-state index contributed by atoms with van der Waals surface area (Å²) in [6.07, 6.45) is 8.47. The molecule has 3 N–H and O–H groups in total. The SMILES string of the molecule is CC(C)(C)OC(=O)NCCCCCCCCNC(=O)[C@H](Cc1ccc(OCc2ccncc2)cc1)NC(=O)OCC1c2ccccc2-c2ccccc21. The minimum atomic E-state index is -0.827. The van der Waals surface area contributed by atoms with Gasteiger partial charge in [-0.2, -0.15) is 0 Å². The molecule has 280 valence electrons. The molecule has 10 nitrogen and oxygen atoms in total. The third-order valence-corrected chi connectivity index (χ3v) is 9.04. The van der Waals surface area contributed by atoms with Crippen LogP contribution in [0.1, 0.15) is 87.5 Å². The van der Waals surface area contributed by atoms with Crippen LogP contribution in [0.2, 0.25) is 0 Å². The first kappa shape index (κ1) is 38.8. The first-order valence-corrected chi connectivity index (χ1v) is 18.6. The predicted octanol–water partition coefficient (Wildman–Crippen LogP) is 8.09. The molecular weight excluding hydrogens is 668 g/mol. The molecule has 1 heterocycles. The van der Waals surface area contributed by atoms with Crippen molar-refractivity contribution in [2.24, 2.45) is 0 Å². The number of fused-ring (bicyclic) bond motifs is 3. The summed E-state index contributed by atoms with van der Waals surface area (Å²) in [7, 11) is 0. The average Bonchev–Trinajstić information content (AvgIpc) is 3.47. The average molecular weight is 721 g/mol. The fourth-order valence-corrected chi connectivity index (χ4v) is 6.39. The van der Waals surface area contributed by atoms with Gasteiger partial charge in [0.2, 0.25) is 5.91 Å². The van der Waals surface area contributed by atoms with Gasteiger partial charge in [-0.3, -0.25) is 9.78 Å². The number of nitrogens with one attached hydrogen (secondary N) is 3. The van der Waals surface area contributed by atoms with E-state index in [0.29, 0.717) is 25.4 Å². The Kier molecular flexibility index (Phi) is 14.3. The van der Waals surface area contributed by atoms with E-state index in [-0.39, 0.29) is 30.9 Å². The quantitative estimate of drug-likeness (QED) is 0.0887. The van der Waals surface area contributed by atoms with E-state index in [1.165, 1.54) is 0 Å². The Balaban J connectivity index is 1.10. The smallest absolute Gasteiger partial charge is 0.407 e. The Morgan fingerprint density at radius 1 is 0.698 bits per heavy atom. The predicted molar refractivity (Wildman–Crippen MR) is 206 cm³/mol. The number of nitrogens with zero attached hydrogens (tertiary/aromatic N) is 1. The van der Waals surface area contributed by atoms with Crippen molar-refractivity contribution in [2.45, 2.75) is 89.9 Å². The highest BCUT2D eigenvalue weighted by Gasteiger charge is 2.30. The van der Waals surface area contributed by atoms with Crippen LogP contribution in [0.15, 0.2) is 97.3 Å². The maximum absolute atomic E-state index is 13.5. The number of hydrogen-bond donors (Lipinski definition) is 3. The van der Waals surface area contributed by atoms with E-state index in [1.807, 2.05) is 81.4 Å². The van der Waals surface area contributed by atoms with Crippen LogP contribution in [0, 0.1) is 0 Å². The molecule has 0 fully saturated rings. The highest BCUT2D eigenvalue weighted by molar-refractivity contribution is 5.86. The molecular formula is C43H52N4O6. The molecule has 4 aromatic rings. The van der Waals surface area contributed by atoms with E-state index < -0.39 is 17.7 Å². The van der Waals surface area contributed by atoms with Gasteiger partial charge in [-0.05, 0) is 91.3 Å². The van der Waals surface area contributed by atoms with Gasteiger partial charge in [0.05, 0.1) is 0 Å². The Hall–Kier alpha value is -5.38. The molecule has 53 heavy (non-hydrogen) atoms. The summed E-state index contributed by atoms with van der Waals surface area (Å²) in [4.78, 5) is 42.6. The summed E-state index contributed by atoms with van der Waals surface area (Å²) in [6, 6.07) is 26.9. The van der Waals surface area contributed by atoms with E-state index >= 15 is 0 Å². The second-order valence-electron chi connectivity index (χ2n) is 14.4. The highest BCUT2D eigenvalue weighted by Crippen LogP contribution is 2.44. The molecule has 0 saturated heterocycles. The van der Waals surface area contributed by atoms with Crippen LogP contribution in [0.5, 0.6) is 5.75 Å². The van der Waals surface area contributed by atoms with Gasteiger partial charge in [0, 0.05) is 37.8 Å². The number of benzene rings is 3. The number of alkyl carbamates (subject to hydrolysis) is 2. The first-order chi connectivity index (χ1) is 25.7. The van der Waals surface area contributed by atoms with Crippen molar-refractivity contribution < 1.29 is 28.6 Å². The monoisotopic (exact) mass is 720 g/mol. The van der Waals surface area contributed by atoms with Crippen LogP contribution in [-0.4, -0.2) is 54.4 Å². The number of unbranched alkanes of at least 4 members (excludes halogenated alkanes) is 5. The van der Waals surface area contributed by atoms with Crippen molar-refractivity contribution in [3.63, 3.8) is 0 Å². The summed E-state index contributed by atoms with van der Waals surface area (Å²) in [6.45, 7) is 7.20. The number of pyridine rings is 1. The van der Waals surface area contributed by atoms with Gasteiger partial charge in [-0.1, -0.05) is 86.3 Å². The van der Waals surface area contributed by atoms with Crippen molar-refractivity contribution in [1.29, 1.82) is 0 Å². The molecule has 5 rings (SSSR count). The Bertz CT molecular complexity index is 1730. The summed E-state index contributed by atoms with van der Waals surface area (Å²) in [5.74, 6) is 0.362. The third kappa shape index (κ3) is 12.4. The minimum Gasteiger partial charge on any atom is -0.489 e. The highest BCUT2D eigenvalue weighted by atomic mass is 16.6. The number of aromatic nitrogens is 1. The normalized spacial score (nSPS) is 12.6. The Morgan fingerprint density at radius 3 is 1.91 bits per heavy atom. The molecule has 1 aromatic heterocycles. The zero-order valence-corrected chi connectivity index (χ0v) is 31.1. The lowest BCUT2D eigenvalue weighted by Gasteiger charge is -2.20. The van der Waals surface area contributed by atoms with Crippen molar-refractivity contribution in [3.05, 3.63) is 120 Å². The molecule has 1 atom stereocenters. The summed E-state index contributed by atoms with van der Waals surface area (Å²) >= 11 is 0.